The molecule has 0 bridgehead atoms. The van der Waals surface area contributed by atoms with Crippen LogP contribution in [0.25, 0.3) is 0 Å². The fraction of sp³-hybridized carbons (Fsp3) is 0.429. The number of benzene rings is 1. The number of nitriles is 1. The van der Waals surface area contributed by atoms with Crippen LogP contribution in [0.3, 0.4) is 0 Å². The number of hydrogen-bond acceptors (Lipinski definition) is 5. The molecule has 0 saturated carbocycles. The smallest absolute Gasteiger partial charge is 0.238 e. The van der Waals surface area contributed by atoms with E-state index in [0.717, 1.165) is 0 Å². The Kier molecular flexibility index (Phi) is 4.80. The molecule has 0 unspecified atom stereocenters. The molecule has 1 aliphatic rings. The van der Waals surface area contributed by atoms with Crippen LogP contribution in [0.5, 0.6) is 11.5 Å². The van der Waals surface area contributed by atoms with E-state index in [1.165, 1.54) is 0 Å². The van der Waals surface area contributed by atoms with Crippen molar-refractivity contribution in [2.45, 2.75) is 6.92 Å². The number of nitrogens with zero attached hydrogens (tertiary/aromatic N) is 2. The summed E-state index contributed by atoms with van der Waals surface area (Å²) in [6.45, 7) is 4.05. The molecule has 6 heteroatoms. The minimum atomic E-state index is -0.154. The number of ether oxygens (including phenoxy) is 2. The molecule has 0 aromatic heterocycles. The summed E-state index contributed by atoms with van der Waals surface area (Å²) in [5, 5.41) is 11.4. The first kappa shape index (κ1) is 14.2. The van der Waals surface area contributed by atoms with Gasteiger partial charge in [0.25, 0.3) is 0 Å². The first-order valence-corrected chi connectivity index (χ1v) is 6.51. The molecular formula is C14H17N3O3. The van der Waals surface area contributed by atoms with Crippen molar-refractivity contribution in [2.24, 2.45) is 0 Å². The predicted molar refractivity (Wildman–Crippen MR) is 73.8 cm³/mol. The van der Waals surface area contributed by atoms with Crippen LogP contribution in [0.15, 0.2) is 18.2 Å². The van der Waals surface area contributed by atoms with Gasteiger partial charge in [-0.1, -0.05) is 6.92 Å². The van der Waals surface area contributed by atoms with Crippen LogP contribution >= 0.6 is 0 Å². The molecule has 1 aromatic rings. The lowest BCUT2D eigenvalue weighted by molar-refractivity contribution is -0.117. The van der Waals surface area contributed by atoms with Crippen molar-refractivity contribution in [2.75, 3.05) is 38.2 Å². The van der Waals surface area contributed by atoms with Crippen LogP contribution in [0.2, 0.25) is 0 Å². The van der Waals surface area contributed by atoms with E-state index in [2.05, 4.69) is 5.32 Å². The number of anilines is 1. The van der Waals surface area contributed by atoms with Crippen LogP contribution in [0.4, 0.5) is 5.69 Å². The molecule has 0 atom stereocenters. The average molecular weight is 275 g/mol. The van der Waals surface area contributed by atoms with Gasteiger partial charge >= 0.3 is 0 Å². The molecule has 0 aliphatic carbocycles. The molecule has 1 amide bonds. The second-order valence-corrected chi connectivity index (χ2v) is 4.37. The highest BCUT2D eigenvalue weighted by Crippen LogP contribution is 2.32. The maximum Gasteiger partial charge on any atom is 0.238 e. The van der Waals surface area contributed by atoms with E-state index >= 15 is 0 Å². The number of nitrogens with one attached hydrogen (secondary N) is 1. The Bertz CT molecular complexity index is 525. The van der Waals surface area contributed by atoms with E-state index in [-0.39, 0.29) is 19.0 Å². The first-order valence-electron chi connectivity index (χ1n) is 6.51. The zero-order valence-electron chi connectivity index (χ0n) is 11.4. The summed E-state index contributed by atoms with van der Waals surface area (Å²) in [5.74, 6) is 1.17. The normalized spacial score (nSPS) is 12.8. The molecule has 0 saturated heterocycles. The van der Waals surface area contributed by atoms with Crippen LogP contribution in [-0.2, 0) is 4.79 Å². The van der Waals surface area contributed by atoms with Gasteiger partial charge in [0, 0.05) is 11.8 Å². The number of carbonyl (C=O) groups is 1. The van der Waals surface area contributed by atoms with Crippen molar-refractivity contribution >= 4 is 11.6 Å². The Balaban J connectivity index is 1.96. The van der Waals surface area contributed by atoms with Gasteiger partial charge in [-0.25, -0.2) is 0 Å². The van der Waals surface area contributed by atoms with E-state index in [4.69, 9.17) is 14.7 Å². The molecule has 6 nitrogen and oxygen atoms in total. The summed E-state index contributed by atoms with van der Waals surface area (Å²) in [7, 11) is 0. The Hall–Kier alpha value is -2.26. The van der Waals surface area contributed by atoms with Gasteiger partial charge in [0.05, 0.1) is 19.2 Å². The lowest BCUT2D eigenvalue weighted by Gasteiger charge is -2.19. The maximum absolute atomic E-state index is 11.9. The number of likely N-dealkylation sites (N-methyl/N-ethyl adjacent to an activating group) is 1. The summed E-state index contributed by atoms with van der Waals surface area (Å²) in [6.07, 6.45) is 0. The molecule has 2 rings (SSSR count). The number of amides is 1. The zero-order valence-corrected chi connectivity index (χ0v) is 11.4. The van der Waals surface area contributed by atoms with E-state index in [9.17, 15) is 4.79 Å². The molecule has 0 fully saturated rings. The molecule has 1 heterocycles. The molecular weight excluding hydrogens is 258 g/mol. The molecule has 20 heavy (non-hydrogen) atoms. The maximum atomic E-state index is 11.9. The molecule has 106 valence electrons. The van der Waals surface area contributed by atoms with Gasteiger partial charge in [-0.3, -0.25) is 9.69 Å². The van der Waals surface area contributed by atoms with E-state index in [1.807, 2.05) is 13.0 Å². The zero-order chi connectivity index (χ0) is 14.4. The van der Waals surface area contributed by atoms with Crippen LogP contribution < -0.4 is 14.8 Å². The van der Waals surface area contributed by atoms with Gasteiger partial charge in [0.2, 0.25) is 5.91 Å². The predicted octanol–water partition coefficient (Wildman–Crippen LogP) is 1.24. The van der Waals surface area contributed by atoms with Gasteiger partial charge in [-0.2, -0.15) is 5.26 Å². The largest absolute Gasteiger partial charge is 0.486 e. The van der Waals surface area contributed by atoms with Gasteiger partial charge in [-0.15, -0.1) is 0 Å². The molecule has 0 spiro atoms. The summed E-state index contributed by atoms with van der Waals surface area (Å²) in [6, 6.07) is 7.33. The third-order valence-corrected chi connectivity index (χ3v) is 2.93. The standard InChI is InChI=1S/C14H17N3O3/c1-2-17(6-5-15)10-14(18)16-11-3-4-12-13(9-11)20-8-7-19-12/h3-4,9H,2,6-8,10H2,1H3,(H,16,18). The van der Waals surface area contributed by atoms with Gasteiger partial charge in [-0.05, 0) is 18.7 Å². The van der Waals surface area contributed by atoms with Crippen molar-refractivity contribution in [1.29, 1.82) is 5.26 Å². The number of hydrogen-bond donors (Lipinski definition) is 1. The van der Waals surface area contributed by atoms with Crippen LogP contribution in [0, 0.1) is 11.3 Å². The third kappa shape index (κ3) is 3.62. The number of fused-ring (bicyclic) bond motifs is 1. The molecule has 1 aliphatic heterocycles. The summed E-state index contributed by atoms with van der Waals surface area (Å²) in [5.41, 5.74) is 0.660. The van der Waals surface area contributed by atoms with Gasteiger partial charge < -0.3 is 14.8 Å². The SMILES string of the molecule is CCN(CC#N)CC(=O)Nc1ccc2c(c1)OCCO2. The first-order chi connectivity index (χ1) is 9.72. The highest BCUT2D eigenvalue weighted by molar-refractivity contribution is 5.92. The Labute approximate surface area is 117 Å². The van der Waals surface area contributed by atoms with E-state index in [0.29, 0.717) is 36.9 Å². The van der Waals surface area contributed by atoms with Gasteiger partial charge in [0.1, 0.15) is 13.2 Å². The minimum Gasteiger partial charge on any atom is -0.486 e. The minimum absolute atomic E-state index is 0.154. The topological polar surface area (TPSA) is 74.6 Å². The summed E-state index contributed by atoms with van der Waals surface area (Å²) < 4.78 is 10.9. The fourth-order valence-electron chi connectivity index (χ4n) is 1.90. The number of carbonyl (C=O) groups excluding carboxylic acids is 1. The van der Waals surface area contributed by atoms with Crippen molar-refractivity contribution in [3.8, 4) is 17.6 Å². The van der Waals surface area contributed by atoms with Crippen LogP contribution in [-0.4, -0.2) is 43.7 Å². The molecule has 1 aromatic carbocycles. The highest BCUT2D eigenvalue weighted by Gasteiger charge is 2.13. The lowest BCUT2D eigenvalue weighted by atomic mass is 10.2. The van der Waals surface area contributed by atoms with Gasteiger partial charge in [0.15, 0.2) is 11.5 Å². The summed E-state index contributed by atoms with van der Waals surface area (Å²) in [4.78, 5) is 13.6. The second-order valence-electron chi connectivity index (χ2n) is 4.37. The second kappa shape index (κ2) is 6.78. The highest BCUT2D eigenvalue weighted by atomic mass is 16.6. The third-order valence-electron chi connectivity index (χ3n) is 2.93. The van der Waals surface area contributed by atoms with E-state index in [1.54, 1.807) is 23.1 Å². The van der Waals surface area contributed by atoms with Crippen molar-refractivity contribution in [3.63, 3.8) is 0 Å². The molecule has 1 N–H and O–H groups in total. The fourth-order valence-corrected chi connectivity index (χ4v) is 1.90. The Morgan fingerprint density at radius 1 is 1.40 bits per heavy atom. The quantitative estimate of drug-likeness (QED) is 0.818. The molecule has 0 radical (unpaired) electrons. The number of rotatable bonds is 5. The van der Waals surface area contributed by atoms with E-state index < -0.39 is 0 Å². The summed E-state index contributed by atoms with van der Waals surface area (Å²) >= 11 is 0. The Morgan fingerprint density at radius 3 is 2.85 bits per heavy atom. The Morgan fingerprint density at radius 2 is 2.15 bits per heavy atom. The van der Waals surface area contributed by atoms with Crippen molar-refractivity contribution in [3.05, 3.63) is 18.2 Å². The average Bonchev–Trinajstić information content (AvgIpc) is 2.46. The van der Waals surface area contributed by atoms with Crippen molar-refractivity contribution in [1.82, 2.24) is 4.90 Å². The van der Waals surface area contributed by atoms with Crippen LogP contribution in [0.1, 0.15) is 6.92 Å². The van der Waals surface area contributed by atoms with Crippen molar-refractivity contribution < 1.29 is 14.3 Å². The monoisotopic (exact) mass is 275 g/mol. The lowest BCUT2D eigenvalue weighted by Crippen LogP contribution is -2.33.